The fraction of sp³-hybridized carbons (Fsp3) is 0.261. The second-order valence-electron chi connectivity index (χ2n) is 6.72. The van der Waals surface area contributed by atoms with E-state index in [0.717, 1.165) is 17.0 Å². The van der Waals surface area contributed by atoms with Gasteiger partial charge in [-0.15, -0.1) is 11.3 Å². The molecule has 0 atom stereocenters. The Morgan fingerprint density at radius 1 is 1.00 bits per heavy atom. The molecule has 9 nitrogen and oxygen atoms in total. The number of nitrogens with zero attached hydrogens (tertiary/aromatic N) is 1. The van der Waals surface area contributed by atoms with E-state index in [2.05, 4.69) is 15.6 Å². The second-order valence-corrected chi connectivity index (χ2v) is 7.58. The molecule has 0 aliphatic rings. The van der Waals surface area contributed by atoms with Crippen molar-refractivity contribution >= 4 is 28.3 Å². The maximum atomic E-state index is 12.7. The van der Waals surface area contributed by atoms with Gasteiger partial charge in [-0.2, -0.15) is 0 Å². The van der Waals surface area contributed by atoms with Crippen molar-refractivity contribution in [2.24, 2.45) is 0 Å². The van der Waals surface area contributed by atoms with Gasteiger partial charge in [0.25, 0.3) is 11.8 Å². The van der Waals surface area contributed by atoms with Crippen LogP contribution < -0.4 is 24.8 Å². The van der Waals surface area contributed by atoms with Crippen molar-refractivity contribution in [3.63, 3.8) is 0 Å². The van der Waals surface area contributed by atoms with E-state index in [-0.39, 0.29) is 18.4 Å². The number of hydrogen-bond acceptors (Lipinski definition) is 8. The van der Waals surface area contributed by atoms with Crippen molar-refractivity contribution in [2.45, 2.75) is 0 Å². The summed E-state index contributed by atoms with van der Waals surface area (Å²) in [7, 11) is 4.63. The normalized spacial score (nSPS) is 10.4. The van der Waals surface area contributed by atoms with Gasteiger partial charge in [0.15, 0.2) is 23.2 Å². The number of carbonyl (C=O) groups is 2. The number of ether oxygens (including phenoxy) is 4. The standard InChI is InChI=1S/C23H25N3O6S/c1-29-11-10-24-21(27)13-32-19-9-6-16(12-20(19)31-3)22(28)26-23-25-18(14-33-23)15-4-7-17(30-2)8-5-15/h4-9,12,14H,10-11,13H2,1-3H3,(H,24,27)(H,25,26,28). The van der Waals surface area contributed by atoms with E-state index in [1.165, 1.54) is 18.4 Å². The minimum Gasteiger partial charge on any atom is -0.497 e. The number of amides is 2. The van der Waals surface area contributed by atoms with E-state index in [9.17, 15) is 9.59 Å². The van der Waals surface area contributed by atoms with E-state index in [4.69, 9.17) is 18.9 Å². The quantitative estimate of drug-likeness (QED) is 0.414. The fourth-order valence-corrected chi connectivity index (χ4v) is 3.52. The summed E-state index contributed by atoms with van der Waals surface area (Å²) in [5.41, 5.74) is 2.04. The van der Waals surface area contributed by atoms with Gasteiger partial charge in [-0.3, -0.25) is 14.9 Å². The van der Waals surface area contributed by atoms with Crippen LogP contribution >= 0.6 is 11.3 Å². The molecule has 1 aromatic heterocycles. The summed E-state index contributed by atoms with van der Waals surface area (Å²) < 4.78 is 20.9. The van der Waals surface area contributed by atoms with Crippen molar-refractivity contribution in [2.75, 3.05) is 46.4 Å². The van der Waals surface area contributed by atoms with Gasteiger partial charge in [0, 0.05) is 30.2 Å². The van der Waals surface area contributed by atoms with Crippen LogP contribution in [-0.2, 0) is 9.53 Å². The number of carbonyl (C=O) groups excluding carboxylic acids is 2. The Hall–Kier alpha value is -3.63. The molecule has 0 radical (unpaired) electrons. The molecule has 0 aliphatic heterocycles. The average molecular weight is 472 g/mol. The third-order valence-corrected chi connectivity index (χ3v) is 5.28. The number of methoxy groups -OCH3 is 3. The first-order valence-corrected chi connectivity index (χ1v) is 10.9. The zero-order valence-electron chi connectivity index (χ0n) is 18.5. The molecule has 3 rings (SSSR count). The summed E-state index contributed by atoms with van der Waals surface area (Å²) in [5, 5.41) is 7.79. The molecular formula is C23H25N3O6S. The van der Waals surface area contributed by atoms with Gasteiger partial charge in [0.2, 0.25) is 0 Å². The summed E-state index contributed by atoms with van der Waals surface area (Å²) in [6.45, 7) is 0.629. The van der Waals surface area contributed by atoms with Crippen LogP contribution in [0.3, 0.4) is 0 Å². The molecule has 2 aromatic carbocycles. The van der Waals surface area contributed by atoms with Gasteiger partial charge < -0.3 is 24.3 Å². The number of nitrogens with one attached hydrogen (secondary N) is 2. The Morgan fingerprint density at radius 3 is 2.48 bits per heavy atom. The molecule has 10 heteroatoms. The number of benzene rings is 2. The Balaban J connectivity index is 1.62. The second kappa shape index (κ2) is 11.8. The summed E-state index contributed by atoms with van der Waals surface area (Å²) in [5.74, 6) is 0.827. The molecule has 0 fully saturated rings. The first kappa shape index (κ1) is 24.0. The molecule has 0 spiro atoms. The molecule has 3 aromatic rings. The van der Waals surface area contributed by atoms with Gasteiger partial charge in [-0.05, 0) is 42.5 Å². The first-order valence-electron chi connectivity index (χ1n) is 10.0. The summed E-state index contributed by atoms with van der Waals surface area (Å²) in [6.07, 6.45) is 0. The SMILES string of the molecule is COCCNC(=O)COc1ccc(C(=O)Nc2nc(-c3ccc(OC)cc3)cs2)cc1OC. The van der Waals surface area contributed by atoms with Crippen LogP contribution in [0.5, 0.6) is 17.2 Å². The number of aromatic nitrogens is 1. The lowest BCUT2D eigenvalue weighted by molar-refractivity contribution is -0.123. The van der Waals surface area contributed by atoms with Crippen LogP contribution in [0.25, 0.3) is 11.3 Å². The van der Waals surface area contributed by atoms with Gasteiger partial charge in [-0.25, -0.2) is 4.98 Å². The van der Waals surface area contributed by atoms with Crippen molar-refractivity contribution in [3.05, 3.63) is 53.4 Å². The van der Waals surface area contributed by atoms with E-state index in [1.54, 1.807) is 32.4 Å². The molecule has 0 bridgehead atoms. The predicted octanol–water partition coefficient (Wildman–Crippen LogP) is 3.22. The van der Waals surface area contributed by atoms with Crippen LogP contribution in [0, 0.1) is 0 Å². The topological polar surface area (TPSA) is 108 Å². The maximum Gasteiger partial charge on any atom is 0.258 e. The van der Waals surface area contributed by atoms with E-state index < -0.39 is 0 Å². The van der Waals surface area contributed by atoms with E-state index in [1.807, 2.05) is 29.6 Å². The Kier molecular flexibility index (Phi) is 8.62. The van der Waals surface area contributed by atoms with Crippen LogP contribution in [0.1, 0.15) is 10.4 Å². The summed E-state index contributed by atoms with van der Waals surface area (Å²) in [6, 6.07) is 12.2. The molecule has 33 heavy (non-hydrogen) atoms. The molecule has 2 amide bonds. The van der Waals surface area contributed by atoms with E-state index in [0.29, 0.717) is 35.3 Å². The minimum atomic E-state index is -0.340. The van der Waals surface area contributed by atoms with Gasteiger partial charge in [0.05, 0.1) is 26.5 Å². The number of rotatable bonds is 11. The van der Waals surface area contributed by atoms with Gasteiger partial charge in [0.1, 0.15) is 5.75 Å². The lowest BCUT2D eigenvalue weighted by Crippen LogP contribution is -2.31. The molecule has 2 N–H and O–H groups in total. The van der Waals surface area contributed by atoms with Crippen LogP contribution in [0.4, 0.5) is 5.13 Å². The van der Waals surface area contributed by atoms with Gasteiger partial charge in [-0.1, -0.05) is 0 Å². The Morgan fingerprint density at radius 2 is 1.79 bits per heavy atom. The highest BCUT2D eigenvalue weighted by atomic mass is 32.1. The molecule has 0 saturated heterocycles. The molecule has 0 saturated carbocycles. The number of thiazole rings is 1. The largest absolute Gasteiger partial charge is 0.497 e. The number of hydrogen-bond donors (Lipinski definition) is 2. The van der Waals surface area contributed by atoms with Gasteiger partial charge >= 0.3 is 0 Å². The smallest absolute Gasteiger partial charge is 0.258 e. The predicted molar refractivity (Wildman–Crippen MR) is 125 cm³/mol. The van der Waals surface area contributed by atoms with E-state index >= 15 is 0 Å². The Bertz CT molecular complexity index is 1080. The molecule has 0 aliphatic carbocycles. The highest BCUT2D eigenvalue weighted by Gasteiger charge is 2.14. The first-order chi connectivity index (χ1) is 16.0. The number of anilines is 1. The zero-order valence-corrected chi connectivity index (χ0v) is 19.4. The third-order valence-electron chi connectivity index (χ3n) is 4.52. The average Bonchev–Trinajstić information content (AvgIpc) is 3.31. The maximum absolute atomic E-state index is 12.7. The zero-order chi connectivity index (χ0) is 23.6. The lowest BCUT2D eigenvalue weighted by atomic mass is 10.2. The summed E-state index contributed by atoms with van der Waals surface area (Å²) >= 11 is 1.33. The van der Waals surface area contributed by atoms with Crippen LogP contribution in [0.15, 0.2) is 47.8 Å². The minimum absolute atomic E-state index is 0.182. The molecular weight excluding hydrogens is 446 g/mol. The van der Waals surface area contributed by atoms with Crippen molar-refractivity contribution in [3.8, 4) is 28.5 Å². The van der Waals surface area contributed by atoms with Crippen molar-refractivity contribution < 1.29 is 28.5 Å². The lowest BCUT2D eigenvalue weighted by Gasteiger charge is -2.12. The summed E-state index contributed by atoms with van der Waals surface area (Å²) in [4.78, 5) is 29.0. The fourth-order valence-electron chi connectivity index (χ4n) is 2.81. The van der Waals surface area contributed by atoms with Crippen molar-refractivity contribution in [1.29, 1.82) is 0 Å². The Labute approximate surface area is 195 Å². The van der Waals surface area contributed by atoms with Crippen LogP contribution in [-0.4, -0.2) is 57.9 Å². The third kappa shape index (κ3) is 6.67. The van der Waals surface area contributed by atoms with Crippen LogP contribution in [0.2, 0.25) is 0 Å². The molecule has 174 valence electrons. The van der Waals surface area contributed by atoms with Crippen molar-refractivity contribution in [1.82, 2.24) is 10.3 Å². The highest BCUT2D eigenvalue weighted by Crippen LogP contribution is 2.30. The monoisotopic (exact) mass is 471 g/mol. The molecule has 0 unspecified atom stereocenters. The highest BCUT2D eigenvalue weighted by molar-refractivity contribution is 7.14. The molecule has 1 heterocycles.